The van der Waals surface area contributed by atoms with Crippen molar-refractivity contribution in [1.29, 1.82) is 0 Å². The maximum atomic E-state index is 11.6. The highest BCUT2D eigenvalue weighted by molar-refractivity contribution is 9.10. The number of hydrogen-bond acceptors (Lipinski definition) is 4. The second-order valence-corrected chi connectivity index (χ2v) is 5.81. The molecule has 19 heavy (non-hydrogen) atoms. The Bertz CT molecular complexity index is 599. The van der Waals surface area contributed by atoms with E-state index in [1.165, 1.54) is 7.11 Å². The molecule has 0 heterocycles. The van der Waals surface area contributed by atoms with E-state index in [2.05, 4.69) is 15.9 Å². The summed E-state index contributed by atoms with van der Waals surface area (Å²) in [7, 11) is 1.37. The lowest BCUT2D eigenvalue weighted by atomic mass is 10.2. The first-order valence-corrected chi connectivity index (χ1v) is 7.12. The minimum atomic E-state index is -0.355. The summed E-state index contributed by atoms with van der Waals surface area (Å²) in [6, 6.07) is 13.2. The number of halogens is 1. The highest BCUT2D eigenvalue weighted by Gasteiger charge is 2.11. The number of nitrogen functional groups attached to an aromatic ring is 1. The van der Waals surface area contributed by atoms with Gasteiger partial charge in [-0.15, -0.1) is 0 Å². The first-order valence-electron chi connectivity index (χ1n) is 5.51. The van der Waals surface area contributed by atoms with Crippen LogP contribution < -0.4 is 5.73 Å². The molecule has 2 N–H and O–H groups in total. The van der Waals surface area contributed by atoms with Crippen LogP contribution in [0.1, 0.15) is 10.4 Å². The zero-order valence-corrected chi connectivity index (χ0v) is 12.6. The lowest BCUT2D eigenvalue weighted by Gasteiger charge is -2.06. The van der Waals surface area contributed by atoms with Crippen molar-refractivity contribution < 1.29 is 9.53 Å². The van der Waals surface area contributed by atoms with Crippen LogP contribution in [-0.4, -0.2) is 13.1 Å². The van der Waals surface area contributed by atoms with Gasteiger partial charge in [0.25, 0.3) is 0 Å². The quantitative estimate of drug-likeness (QED) is 0.680. The molecule has 0 atom stereocenters. The maximum Gasteiger partial charge on any atom is 0.339 e. The van der Waals surface area contributed by atoms with Gasteiger partial charge in [0.05, 0.1) is 12.7 Å². The number of carbonyl (C=O) groups excluding carboxylic acids is 1. The number of hydrogen-bond donors (Lipinski definition) is 1. The molecule has 0 saturated heterocycles. The van der Waals surface area contributed by atoms with Crippen molar-refractivity contribution in [3.8, 4) is 0 Å². The Balaban J connectivity index is 2.26. The van der Waals surface area contributed by atoms with Crippen molar-refractivity contribution in [3.63, 3.8) is 0 Å². The van der Waals surface area contributed by atoms with Gasteiger partial charge in [0.15, 0.2) is 0 Å². The highest BCUT2D eigenvalue weighted by atomic mass is 79.9. The van der Waals surface area contributed by atoms with Crippen LogP contribution in [0.3, 0.4) is 0 Å². The van der Waals surface area contributed by atoms with Gasteiger partial charge in [-0.05, 0) is 58.4 Å². The van der Waals surface area contributed by atoms with E-state index >= 15 is 0 Å². The Morgan fingerprint density at radius 2 is 1.79 bits per heavy atom. The van der Waals surface area contributed by atoms with Gasteiger partial charge in [-0.3, -0.25) is 0 Å². The van der Waals surface area contributed by atoms with Crippen molar-refractivity contribution in [3.05, 3.63) is 52.5 Å². The molecule has 0 aromatic heterocycles. The number of nitrogens with two attached hydrogens (primary N) is 1. The van der Waals surface area contributed by atoms with Crippen molar-refractivity contribution in [1.82, 2.24) is 0 Å². The Morgan fingerprint density at radius 1 is 1.16 bits per heavy atom. The number of ether oxygens (including phenoxy) is 1. The lowest BCUT2D eigenvalue weighted by Crippen LogP contribution is -2.02. The number of methoxy groups -OCH3 is 1. The van der Waals surface area contributed by atoms with E-state index in [9.17, 15) is 4.79 Å². The topological polar surface area (TPSA) is 52.3 Å². The van der Waals surface area contributed by atoms with Crippen molar-refractivity contribution in [2.45, 2.75) is 9.79 Å². The Kier molecular flexibility index (Phi) is 4.50. The van der Waals surface area contributed by atoms with E-state index in [4.69, 9.17) is 10.5 Å². The third-order valence-corrected chi connectivity index (χ3v) is 4.15. The Hall–Kier alpha value is -1.46. The molecular formula is C14H12BrNO2S. The highest BCUT2D eigenvalue weighted by Crippen LogP contribution is 2.31. The van der Waals surface area contributed by atoms with E-state index in [1.807, 2.05) is 36.4 Å². The van der Waals surface area contributed by atoms with E-state index in [-0.39, 0.29) is 5.97 Å². The van der Waals surface area contributed by atoms with E-state index in [0.717, 1.165) is 20.0 Å². The average Bonchev–Trinajstić information content (AvgIpc) is 2.42. The zero-order chi connectivity index (χ0) is 13.8. The van der Waals surface area contributed by atoms with Crippen LogP contribution in [0.25, 0.3) is 0 Å². The van der Waals surface area contributed by atoms with Gasteiger partial charge in [0.1, 0.15) is 0 Å². The summed E-state index contributed by atoms with van der Waals surface area (Å²) >= 11 is 4.90. The molecule has 0 aliphatic heterocycles. The molecule has 98 valence electrons. The molecule has 0 fully saturated rings. The normalized spacial score (nSPS) is 10.2. The smallest absolute Gasteiger partial charge is 0.339 e. The number of esters is 1. The summed E-state index contributed by atoms with van der Waals surface area (Å²) in [6.07, 6.45) is 0. The monoisotopic (exact) mass is 337 g/mol. The van der Waals surface area contributed by atoms with Gasteiger partial charge in [0.2, 0.25) is 0 Å². The molecule has 0 radical (unpaired) electrons. The molecule has 0 bridgehead atoms. The molecule has 2 rings (SSSR count). The molecule has 3 nitrogen and oxygen atoms in total. The SMILES string of the molecule is COC(=O)c1cc(Sc2ccc(N)cc2)ccc1Br. The molecule has 0 spiro atoms. The predicted molar refractivity (Wildman–Crippen MR) is 80.5 cm³/mol. The Labute approximate surface area is 124 Å². The fourth-order valence-corrected chi connectivity index (χ4v) is 2.77. The second-order valence-electron chi connectivity index (χ2n) is 3.80. The molecule has 0 saturated carbocycles. The van der Waals surface area contributed by atoms with Crippen LogP contribution in [0.15, 0.2) is 56.7 Å². The summed E-state index contributed by atoms with van der Waals surface area (Å²) in [5.41, 5.74) is 6.89. The van der Waals surface area contributed by atoms with Gasteiger partial charge >= 0.3 is 5.97 Å². The number of carbonyl (C=O) groups is 1. The third-order valence-electron chi connectivity index (χ3n) is 2.46. The summed E-state index contributed by atoms with van der Waals surface area (Å²) < 4.78 is 5.47. The number of rotatable bonds is 3. The number of benzene rings is 2. The van der Waals surface area contributed by atoms with Crippen LogP contribution in [0.2, 0.25) is 0 Å². The van der Waals surface area contributed by atoms with Crippen molar-refractivity contribution >= 4 is 39.3 Å². The van der Waals surface area contributed by atoms with Crippen molar-refractivity contribution in [2.24, 2.45) is 0 Å². The first-order chi connectivity index (χ1) is 9.10. The first kappa shape index (κ1) is 14.0. The van der Waals surface area contributed by atoms with E-state index in [1.54, 1.807) is 17.8 Å². The average molecular weight is 338 g/mol. The van der Waals surface area contributed by atoms with Crippen LogP contribution in [0, 0.1) is 0 Å². The molecular weight excluding hydrogens is 326 g/mol. The van der Waals surface area contributed by atoms with Gasteiger partial charge in [-0.1, -0.05) is 11.8 Å². The fourth-order valence-electron chi connectivity index (χ4n) is 1.51. The Morgan fingerprint density at radius 3 is 2.42 bits per heavy atom. The molecule has 0 unspecified atom stereocenters. The minimum absolute atomic E-state index is 0.355. The van der Waals surface area contributed by atoms with Gasteiger partial charge in [-0.2, -0.15) is 0 Å². The lowest BCUT2D eigenvalue weighted by molar-refractivity contribution is 0.0599. The minimum Gasteiger partial charge on any atom is -0.465 e. The predicted octanol–water partition coefficient (Wildman–Crippen LogP) is 3.97. The van der Waals surface area contributed by atoms with Gasteiger partial charge in [-0.25, -0.2) is 4.79 Å². The van der Waals surface area contributed by atoms with Crippen LogP contribution >= 0.6 is 27.7 Å². The summed E-state index contributed by atoms with van der Waals surface area (Å²) in [5, 5.41) is 0. The number of anilines is 1. The third kappa shape index (κ3) is 3.52. The van der Waals surface area contributed by atoms with Crippen LogP contribution in [-0.2, 0) is 4.74 Å². The van der Waals surface area contributed by atoms with Gasteiger partial charge in [0, 0.05) is 20.0 Å². The molecule has 2 aromatic rings. The maximum absolute atomic E-state index is 11.6. The van der Waals surface area contributed by atoms with Crippen molar-refractivity contribution in [2.75, 3.05) is 12.8 Å². The molecule has 5 heteroatoms. The van der Waals surface area contributed by atoms with Crippen LogP contribution in [0.4, 0.5) is 5.69 Å². The van der Waals surface area contributed by atoms with Crippen LogP contribution in [0.5, 0.6) is 0 Å². The molecule has 0 aliphatic rings. The summed E-state index contributed by atoms with van der Waals surface area (Å²) in [5.74, 6) is -0.355. The molecule has 2 aromatic carbocycles. The molecule has 0 aliphatic carbocycles. The molecule has 0 amide bonds. The zero-order valence-electron chi connectivity index (χ0n) is 10.2. The van der Waals surface area contributed by atoms with Gasteiger partial charge < -0.3 is 10.5 Å². The summed E-state index contributed by atoms with van der Waals surface area (Å²) in [4.78, 5) is 13.6. The standard InChI is InChI=1S/C14H12BrNO2S/c1-18-14(17)12-8-11(6-7-13(12)15)19-10-4-2-9(16)3-5-10/h2-8H,16H2,1H3. The summed E-state index contributed by atoms with van der Waals surface area (Å²) in [6.45, 7) is 0. The largest absolute Gasteiger partial charge is 0.465 e. The van der Waals surface area contributed by atoms with E-state index < -0.39 is 0 Å². The second kappa shape index (κ2) is 6.12. The van der Waals surface area contributed by atoms with E-state index in [0.29, 0.717) is 5.56 Å². The fraction of sp³-hybridized carbons (Fsp3) is 0.0714.